The normalized spacial score (nSPS) is 14.8. The van der Waals surface area contributed by atoms with Crippen LogP contribution in [0.15, 0.2) is 18.2 Å². The number of anilines is 1. The van der Waals surface area contributed by atoms with Gasteiger partial charge in [0, 0.05) is 24.3 Å². The average molecular weight is 354 g/mol. The van der Waals surface area contributed by atoms with Crippen molar-refractivity contribution in [1.29, 1.82) is 0 Å². The quantitative estimate of drug-likeness (QED) is 0.854. The van der Waals surface area contributed by atoms with E-state index in [2.05, 4.69) is 15.4 Å². The number of aromatic amines is 1. The third-order valence-electron chi connectivity index (χ3n) is 4.04. The van der Waals surface area contributed by atoms with Crippen LogP contribution in [0.5, 0.6) is 0 Å². The van der Waals surface area contributed by atoms with Crippen LogP contribution in [0.3, 0.4) is 0 Å². The van der Waals surface area contributed by atoms with Crippen molar-refractivity contribution in [3.05, 3.63) is 29.5 Å². The average Bonchev–Trinajstić information content (AvgIpc) is 3.25. The number of aromatic nitrogens is 3. The fourth-order valence-corrected chi connectivity index (χ4v) is 2.92. The van der Waals surface area contributed by atoms with Crippen LogP contribution in [0.25, 0.3) is 11.3 Å². The van der Waals surface area contributed by atoms with Crippen molar-refractivity contribution in [3.63, 3.8) is 0 Å². The molecule has 0 bridgehead atoms. The molecular formula is C16H17F3N4O2. The van der Waals surface area contributed by atoms with Crippen LogP contribution in [-0.2, 0) is 10.9 Å². The first-order chi connectivity index (χ1) is 11.9. The number of carbonyl (C=O) groups is 1. The number of ether oxygens (including phenoxy) is 1. The van der Waals surface area contributed by atoms with E-state index >= 15 is 0 Å². The zero-order chi connectivity index (χ0) is 18.0. The van der Waals surface area contributed by atoms with Crippen LogP contribution < -0.4 is 4.90 Å². The molecule has 1 aliphatic rings. The Hall–Kier alpha value is -2.58. The first-order valence-electron chi connectivity index (χ1n) is 7.96. The number of esters is 1. The van der Waals surface area contributed by atoms with Gasteiger partial charge in [0.05, 0.1) is 12.2 Å². The van der Waals surface area contributed by atoms with Gasteiger partial charge < -0.3 is 9.64 Å². The van der Waals surface area contributed by atoms with E-state index in [1.165, 1.54) is 12.1 Å². The molecule has 1 fully saturated rings. The molecule has 1 aromatic carbocycles. The summed E-state index contributed by atoms with van der Waals surface area (Å²) >= 11 is 0. The predicted molar refractivity (Wildman–Crippen MR) is 84.2 cm³/mol. The smallest absolute Gasteiger partial charge is 0.418 e. The first kappa shape index (κ1) is 17.2. The van der Waals surface area contributed by atoms with E-state index in [0.717, 1.165) is 18.9 Å². The summed E-state index contributed by atoms with van der Waals surface area (Å²) < 4.78 is 45.5. The standard InChI is InChI=1S/C16H17F3N4O2/c1-2-25-15(24)14-13(20-22-21-14)10-5-6-12(23-7-3-4-8-23)11(9-10)16(17,18)19/h5-6,9H,2-4,7-8H2,1H3,(H,20,21,22). The maximum atomic E-state index is 13.5. The lowest BCUT2D eigenvalue weighted by molar-refractivity contribution is -0.137. The van der Waals surface area contributed by atoms with Gasteiger partial charge in [-0.1, -0.05) is 6.07 Å². The molecule has 6 nitrogen and oxygen atoms in total. The Bertz CT molecular complexity index is 767. The molecule has 1 N–H and O–H groups in total. The number of nitrogens with one attached hydrogen (secondary N) is 1. The van der Waals surface area contributed by atoms with Crippen LogP contribution in [0.4, 0.5) is 18.9 Å². The van der Waals surface area contributed by atoms with Crippen molar-refractivity contribution in [3.8, 4) is 11.3 Å². The van der Waals surface area contributed by atoms with Gasteiger partial charge in [-0.3, -0.25) is 0 Å². The minimum atomic E-state index is -4.51. The largest absolute Gasteiger partial charge is 0.461 e. The molecule has 3 rings (SSSR count). The van der Waals surface area contributed by atoms with E-state index in [9.17, 15) is 18.0 Å². The second-order valence-corrected chi connectivity index (χ2v) is 5.67. The van der Waals surface area contributed by atoms with E-state index in [1.807, 2.05) is 0 Å². The van der Waals surface area contributed by atoms with Gasteiger partial charge in [0.2, 0.25) is 0 Å². The highest BCUT2D eigenvalue weighted by molar-refractivity contribution is 5.94. The van der Waals surface area contributed by atoms with Gasteiger partial charge in [0.1, 0.15) is 5.69 Å². The Kier molecular flexibility index (Phi) is 4.65. The van der Waals surface area contributed by atoms with E-state index in [4.69, 9.17) is 4.74 Å². The monoisotopic (exact) mass is 354 g/mol. The first-order valence-corrected chi connectivity index (χ1v) is 7.96. The van der Waals surface area contributed by atoms with Crippen molar-refractivity contribution < 1.29 is 22.7 Å². The topological polar surface area (TPSA) is 71.1 Å². The van der Waals surface area contributed by atoms with Gasteiger partial charge in [-0.05, 0) is 31.9 Å². The Labute approximate surface area is 142 Å². The van der Waals surface area contributed by atoms with Crippen LogP contribution in [0, 0.1) is 0 Å². The van der Waals surface area contributed by atoms with Crippen molar-refractivity contribution in [2.45, 2.75) is 25.9 Å². The van der Waals surface area contributed by atoms with Crippen LogP contribution in [0.2, 0.25) is 0 Å². The third-order valence-corrected chi connectivity index (χ3v) is 4.04. The molecule has 25 heavy (non-hydrogen) atoms. The Morgan fingerprint density at radius 1 is 1.28 bits per heavy atom. The predicted octanol–water partition coefficient (Wildman–Crippen LogP) is 3.27. The van der Waals surface area contributed by atoms with Gasteiger partial charge >= 0.3 is 12.1 Å². The van der Waals surface area contributed by atoms with Gasteiger partial charge in [-0.25, -0.2) is 4.79 Å². The highest BCUT2D eigenvalue weighted by atomic mass is 19.4. The third kappa shape index (κ3) is 3.45. The number of benzene rings is 1. The number of carbonyl (C=O) groups excluding carboxylic acids is 1. The number of hydrogen-bond donors (Lipinski definition) is 1. The Morgan fingerprint density at radius 2 is 2.00 bits per heavy atom. The summed E-state index contributed by atoms with van der Waals surface area (Å²) in [6.45, 7) is 2.96. The molecule has 2 heterocycles. The molecule has 134 valence electrons. The van der Waals surface area contributed by atoms with Crippen molar-refractivity contribution in [2.75, 3.05) is 24.6 Å². The summed E-state index contributed by atoms with van der Waals surface area (Å²) in [5, 5.41) is 9.79. The van der Waals surface area contributed by atoms with Gasteiger partial charge in [0.25, 0.3) is 0 Å². The number of halogens is 3. The van der Waals surface area contributed by atoms with Crippen molar-refractivity contribution in [2.24, 2.45) is 0 Å². The molecule has 1 saturated heterocycles. The minimum absolute atomic E-state index is 0.0388. The molecule has 1 aliphatic heterocycles. The maximum absolute atomic E-state index is 13.5. The van der Waals surface area contributed by atoms with Crippen molar-refractivity contribution in [1.82, 2.24) is 15.4 Å². The number of rotatable bonds is 4. The zero-order valence-electron chi connectivity index (χ0n) is 13.6. The number of H-pyrrole nitrogens is 1. The van der Waals surface area contributed by atoms with Crippen LogP contribution in [-0.4, -0.2) is 41.1 Å². The summed E-state index contributed by atoms with van der Waals surface area (Å²) in [7, 11) is 0. The lowest BCUT2D eigenvalue weighted by atomic mass is 10.0. The summed E-state index contributed by atoms with van der Waals surface area (Å²) in [5.74, 6) is -0.733. The molecule has 9 heteroatoms. The minimum Gasteiger partial charge on any atom is -0.461 e. The van der Waals surface area contributed by atoms with Gasteiger partial charge in [0.15, 0.2) is 5.69 Å². The maximum Gasteiger partial charge on any atom is 0.418 e. The fraction of sp³-hybridized carbons (Fsp3) is 0.438. The molecule has 0 saturated carbocycles. The fourth-order valence-electron chi connectivity index (χ4n) is 2.92. The summed E-state index contributed by atoms with van der Waals surface area (Å²) in [6.07, 6.45) is -2.77. The SMILES string of the molecule is CCOC(=O)c1n[nH]nc1-c1ccc(N2CCCC2)c(C(F)(F)F)c1. The Balaban J connectivity index is 2.04. The molecule has 0 amide bonds. The molecule has 0 atom stereocenters. The lowest BCUT2D eigenvalue weighted by Crippen LogP contribution is -2.22. The number of alkyl halides is 3. The molecule has 2 aromatic rings. The second kappa shape index (κ2) is 6.73. The highest BCUT2D eigenvalue weighted by Crippen LogP contribution is 2.40. The van der Waals surface area contributed by atoms with E-state index < -0.39 is 17.7 Å². The van der Waals surface area contributed by atoms with E-state index in [-0.39, 0.29) is 29.2 Å². The molecule has 1 aromatic heterocycles. The zero-order valence-corrected chi connectivity index (χ0v) is 13.6. The lowest BCUT2D eigenvalue weighted by Gasteiger charge is -2.23. The molecule has 0 radical (unpaired) electrons. The second-order valence-electron chi connectivity index (χ2n) is 5.67. The summed E-state index contributed by atoms with van der Waals surface area (Å²) in [5.41, 5.74) is -0.535. The number of hydrogen-bond acceptors (Lipinski definition) is 5. The summed E-state index contributed by atoms with van der Waals surface area (Å²) in [4.78, 5) is 13.6. The molecule has 0 unspecified atom stereocenters. The van der Waals surface area contributed by atoms with Crippen LogP contribution >= 0.6 is 0 Å². The van der Waals surface area contributed by atoms with E-state index in [1.54, 1.807) is 11.8 Å². The molecule has 0 spiro atoms. The molecular weight excluding hydrogens is 337 g/mol. The summed E-state index contributed by atoms with van der Waals surface area (Å²) in [6, 6.07) is 3.95. The Morgan fingerprint density at radius 3 is 2.64 bits per heavy atom. The van der Waals surface area contributed by atoms with Gasteiger partial charge in [-0.15, -0.1) is 5.10 Å². The molecule has 0 aliphatic carbocycles. The van der Waals surface area contributed by atoms with E-state index in [0.29, 0.717) is 13.1 Å². The van der Waals surface area contributed by atoms with Crippen molar-refractivity contribution >= 4 is 11.7 Å². The van der Waals surface area contributed by atoms with Crippen LogP contribution in [0.1, 0.15) is 35.8 Å². The number of nitrogens with zero attached hydrogens (tertiary/aromatic N) is 3. The van der Waals surface area contributed by atoms with Gasteiger partial charge in [-0.2, -0.15) is 23.5 Å². The highest BCUT2D eigenvalue weighted by Gasteiger charge is 2.36.